The predicted molar refractivity (Wildman–Crippen MR) is 159 cm³/mol. The maximum Gasteiger partial charge on any atom is 0.263 e. The van der Waals surface area contributed by atoms with Gasteiger partial charge in [-0.3, -0.25) is 14.2 Å². The predicted octanol–water partition coefficient (Wildman–Crippen LogP) is 7.35. The molecule has 7 heteroatoms. The summed E-state index contributed by atoms with van der Waals surface area (Å²) >= 11 is 7.52. The summed E-state index contributed by atoms with van der Waals surface area (Å²) in [5.74, 6) is -0.0716. The molecule has 1 N–H and O–H groups in total. The van der Waals surface area contributed by atoms with Crippen LogP contribution in [0.3, 0.4) is 0 Å². The quantitative estimate of drug-likeness (QED) is 0.206. The zero-order valence-corrected chi connectivity index (χ0v) is 23.4. The number of hydrogen-bond donors (Lipinski definition) is 1. The summed E-state index contributed by atoms with van der Waals surface area (Å²) in [5, 5.41) is 4.08. The molecule has 198 valence electrons. The fraction of sp³-hybridized carbons (Fsp3) is 0.281. The monoisotopic (exact) mass is 555 g/mol. The highest BCUT2D eigenvalue weighted by atomic mass is 35.5. The smallest absolute Gasteiger partial charge is 0.263 e. The minimum absolute atomic E-state index is 0.0174. The van der Waals surface area contributed by atoms with Gasteiger partial charge in [-0.25, -0.2) is 4.98 Å². The molecule has 0 atom stereocenters. The van der Waals surface area contributed by atoms with E-state index in [0.717, 1.165) is 60.2 Å². The molecule has 0 unspecified atom stereocenters. The summed E-state index contributed by atoms with van der Waals surface area (Å²) in [6.45, 7) is 1.88. The van der Waals surface area contributed by atoms with Gasteiger partial charge in [-0.15, -0.1) is 0 Å². The molecule has 6 rings (SSSR count). The molecular formula is C32H30ClN3O2S. The van der Waals surface area contributed by atoms with Crippen LogP contribution >= 0.6 is 23.4 Å². The maximum atomic E-state index is 14.5. The Morgan fingerprint density at radius 3 is 2.54 bits per heavy atom. The topological polar surface area (TPSA) is 64.0 Å². The van der Waals surface area contributed by atoms with Crippen molar-refractivity contribution in [2.24, 2.45) is 0 Å². The van der Waals surface area contributed by atoms with E-state index in [2.05, 4.69) is 23.5 Å². The third-order valence-corrected chi connectivity index (χ3v) is 9.43. The molecule has 4 aromatic rings. The number of amides is 1. The van der Waals surface area contributed by atoms with Crippen LogP contribution in [-0.4, -0.2) is 21.2 Å². The van der Waals surface area contributed by atoms with Crippen LogP contribution in [-0.2, 0) is 16.6 Å². The number of hydrogen-bond acceptors (Lipinski definition) is 4. The Kier molecular flexibility index (Phi) is 7.08. The first kappa shape index (κ1) is 25.9. The fourth-order valence-electron chi connectivity index (χ4n) is 6.15. The Hall–Kier alpha value is -3.35. The van der Waals surface area contributed by atoms with Crippen molar-refractivity contribution in [3.63, 3.8) is 0 Å². The Labute approximate surface area is 237 Å². The average molecular weight is 556 g/mol. The number of carbonyl (C=O) groups is 1. The Morgan fingerprint density at radius 2 is 1.74 bits per heavy atom. The van der Waals surface area contributed by atoms with E-state index in [9.17, 15) is 9.59 Å². The summed E-state index contributed by atoms with van der Waals surface area (Å²) in [7, 11) is 0. The van der Waals surface area contributed by atoms with Gasteiger partial charge in [0.25, 0.3) is 5.56 Å². The standard InChI is InChI=1S/C32H30ClN3O2S/c1-21-25(33)15-10-16-26(21)34-27(37)20-39-31-35-29-24-14-7-6-11-22(24)19-32(17-8-3-9-18-32)28(29)30(38)36(31)23-12-4-2-5-13-23/h2,4-7,10-16H,3,8-9,17-20H2,1H3,(H,34,37). The Balaban J connectivity index is 1.45. The molecule has 0 bridgehead atoms. The lowest BCUT2D eigenvalue weighted by Crippen LogP contribution is -2.43. The van der Waals surface area contributed by atoms with Crippen LogP contribution < -0.4 is 10.9 Å². The van der Waals surface area contributed by atoms with Crippen molar-refractivity contribution in [3.05, 3.63) is 105 Å². The summed E-state index contributed by atoms with van der Waals surface area (Å²) in [6.07, 6.45) is 6.30. The number of para-hydroxylation sites is 1. The second kappa shape index (κ2) is 10.7. The second-order valence-corrected chi connectivity index (χ2v) is 11.9. The lowest BCUT2D eigenvalue weighted by atomic mass is 9.62. The van der Waals surface area contributed by atoms with Crippen molar-refractivity contribution in [3.8, 4) is 16.9 Å². The lowest BCUT2D eigenvalue weighted by molar-refractivity contribution is -0.113. The molecule has 1 fully saturated rings. The van der Waals surface area contributed by atoms with Crippen LogP contribution in [0.25, 0.3) is 16.9 Å². The van der Waals surface area contributed by atoms with Gasteiger partial charge in [-0.05, 0) is 61.6 Å². The highest BCUT2D eigenvalue weighted by Gasteiger charge is 2.43. The summed E-state index contributed by atoms with van der Waals surface area (Å²) in [6, 6.07) is 23.4. The molecule has 1 amide bonds. The number of rotatable bonds is 5. The van der Waals surface area contributed by atoms with E-state index < -0.39 is 0 Å². The van der Waals surface area contributed by atoms with Crippen molar-refractivity contribution < 1.29 is 4.79 Å². The van der Waals surface area contributed by atoms with Crippen LogP contribution in [0.1, 0.15) is 48.8 Å². The number of nitrogens with one attached hydrogen (secondary N) is 1. The number of anilines is 1. The van der Waals surface area contributed by atoms with Crippen molar-refractivity contribution in [2.75, 3.05) is 11.1 Å². The molecule has 39 heavy (non-hydrogen) atoms. The van der Waals surface area contributed by atoms with Gasteiger partial charge in [0.15, 0.2) is 5.16 Å². The van der Waals surface area contributed by atoms with Crippen LogP contribution in [0.5, 0.6) is 0 Å². The highest BCUT2D eigenvalue weighted by molar-refractivity contribution is 7.99. The SMILES string of the molecule is Cc1c(Cl)cccc1NC(=O)CSc1nc2c(c(=O)n1-c1ccccc1)C1(CCCCC1)Cc1ccccc1-2. The van der Waals surface area contributed by atoms with Gasteiger partial charge in [0.2, 0.25) is 5.91 Å². The molecule has 0 saturated heterocycles. The minimum atomic E-state index is -0.201. The number of fused-ring (bicyclic) bond motifs is 4. The molecule has 1 spiro atoms. The average Bonchev–Trinajstić information content (AvgIpc) is 2.95. The number of carbonyl (C=O) groups excluding carboxylic acids is 1. The van der Waals surface area contributed by atoms with E-state index in [0.29, 0.717) is 15.9 Å². The normalized spacial score (nSPS) is 15.4. The zero-order chi connectivity index (χ0) is 27.0. The molecule has 2 aliphatic carbocycles. The van der Waals surface area contributed by atoms with Crippen molar-refractivity contribution in [2.45, 2.75) is 56.0 Å². The van der Waals surface area contributed by atoms with Gasteiger partial charge in [-0.1, -0.05) is 91.2 Å². The summed E-state index contributed by atoms with van der Waals surface area (Å²) in [5.41, 5.74) is 5.95. The number of aromatic nitrogens is 2. The van der Waals surface area contributed by atoms with E-state index in [1.165, 1.54) is 23.7 Å². The molecule has 5 nitrogen and oxygen atoms in total. The number of halogens is 1. The van der Waals surface area contributed by atoms with E-state index in [4.69, 9.17) is 16.6 Å². The number of thioether (sulfide) groups is 1. The van der Waals surface area contributed by atoms with E-state index >= 15 is 0 Å². The van der Waals surface area contributed by atoms with Crippen LogP contribution in [0.2, 0.25) is 5.02 Å². The van der Waals surface area contributed by atoms with Crippen LogP contribution in [0.4, 0.5) is 5.69 Å². The number of benzene rings is 3. The Bertz CT molecular complexity index is 1610. The zero-order valence-electron chi connectivity index (χ0n) is 21.9. The first-order chi connectivity index (χ1) is 19.0. The molecule has 2 aliphatic rings. The maximum absolute atomic E-state index is 14.5. The summed E-state index contributed by atoms with van der Waals surface area (Å²) in [4.78, 5) is 32.7. The van der Waals surface area contributed by atoms with Crippen molar-refractivity contribution in [1.82, 2.24) is 9.55 Å². The molecule has 1 heterocycles. The van der Waals surface area contributed by atoms with Gasteiger partial charge < -0.3 is 5.32 Å². The third-order valence-electron chi connectivity index (χ3n) is 8.08. The second-order valence-electron chi connectivity index (χ2n) is 10.5. The third kappa shape index (κ3) is 4.81. The van der Waals surface area contributed by atoms with Crippen LogP contribution in [0.15, 0.2) is 82.7 Å². The van der Waals surface area contributed by atoms with Crippen molar-refractivity contribution >= 4 is 35.0 Å². The van der Waals surface area contributed by atoms with Gasteiger partial charge in [0.1, 0.15) is 0 Å². The largest absolute Gasteiger partial charge is 0.325 e. The first-order valence-corrected chi connectivity index (χ1v) is 14.8. The summed E-state index contributed by atoms with van der Waals surface area (Å²) < 4.78 is 1.71. The molecule has 3 aromatic carbocycles. The van der Waals surface area contributed by atoms with Gasteiger partial charge >= 0.3 is 0 Å². The van der Waals surface area contributed by atoms with E-state index in [-0.39, 0.29) is 22.6 Å². The van der Waals surface area contributed by atoms with E-state index in [1.54, 1.807) is 10.6 Å². The molecule has 0 aliphatic heterocycles. The molecule has 1 aromatic heterocycles. The van der Waals surface area contributed by atoms with E-state index in [1.807, 2.05) is 55.5 Å². The molecule has 0 radical (unpaired) electrons. The minimum Gasteiger partial charge on any atom is -0.325 e. The first-order valence-electron chi connectivity index (χ1n) is 13.5. The van der Waals surface area contributed by atoms with Gasteiger partial charge in [-0.2, -0.15) is 0 Å². The van der Waals surface area contributed by atoms with Crippen LogP contribution in [0, 0.1) is 6.92 Å². The lowest BCUT2D eigenvalue weighted by Gasteiger charge is -2.42. The Morgan fingerprint density at radius 1 is 1.00 bits per heavy atom. The number of nitrogens with zero attached hydrogens (tertiary/aromatic N) is 2. The molecular weight excluding hydrogens is 526 g/mol. The van der Waals surface area contributed by atoms with Gasteiger partial charge in [0.05, 0.1) is 22.7 Å². The fourth-order valence-corrected chi connectivity index (χ4v) is 7.13. The highest BCUT2D eigenvalue weighted by Crippen LogP contribution is 2.49. The van der Waals surface area contributed by atoms with Crippen molar-refractivity contribution in [1.29, 1.82) is 0 Å². The van der Waals surface area contributed by atoms with Gasteiger partial charge in [0, 0.05) is 21.7 Å². The molecule has 1 saturated carbocycles.